The van der Waals surface area contributed by atoms with Crippen LogP contribution in [0.4, 0.5) is 0 Å². The summed E-state index contributed by atoms with van der Waals surface area (Å²) in [6.07, 6.45) is 2.65. The largest absolute Gasteiger partial charge is 0.355 e. The molecule has 2 amide bonds. The summed E-state index contributed by atoms with van der Waals surface area (Å²) in [6.45, 7) is 2.22. The topological polar surface area (TPSA) is 70.2 Å². The maximum atomic E-state index is 11.6. The van der Waals surface area contributed by atoms with Crippen molar-refractivity contribution < 1.29 is 9.59 Å². The van der Waals surface area contributed by atoms with Gasteiger partial charge in [0.15, 0.2) is 0 Å². The lowest BCUT2D eigenvalue weighted by atomic mass is 10.1. The molecule has 0 aromatic carbocycles. The van der Waals surface area contributed by atoms with Gasteiger partial charge in [0.05, 0.1) is 5.92 Å². The number of nitrogens with one attached hydrogen (secondary N) is 3. The third-order valence-electron chi connectivity index (χ3n) is 3.03. The SMILES string of the molecule is O=C1CC(C(=O)NCC2CCCN2)CN1. The maximum absolute atomic E-state index is 11.6. The molecule has 2 heterocycles. The van der Waals surface area contributed by atoms with Crippen LogP contribution in [0, 0.1) is 5.92 Å². The van der Waals surface area contributed by atoms with Gasteiger partial charge in [0.1, 0.15) is 0 Å². The highest BCUT2D eigenvalue weighted by Gasteiger charge is 2.28. The van der Waals surface area contributed by atoms with Crippen LogP contribution in [-0.2, 0) is 9.59 Å². The highest BCUT2D eigenvalue weighted by Crippen LogP contribution is 2.09. The smallest absolute Gasteiger partial charge is 0.225 e. The average molecular weight is 211 g/mol. The lowest BCUT2D eigenvalue weighted by Gasteiger charge is -2.13. The Morgan fingerprint density at radius 2 is 2.40 bits per heavy atom. The molecule has 0 radical (unpaired) electrons. The quantitative estimate of drug-likeness (QED) is 0.560. The molecule has 2 aliphatic heterocycles. The van der Waals surface area contributed by atoms with Gasteiger partial charge in [-0.15, -0.1) is 0 Å². The Labute approximate surface area is 89.0 Å². The van der Waals surface area contributed by atoms with Crippen molar-refractivity contribution in [3.8, 4) is 0 Å². The zero-order valence-electron chi connectivity index (χ0n) is 8.71. The third kappa shape index (κ3) is 2.68. The van der Waals surface area contributed by atoms with Crippen molar-refractivity contribution in [3.63, 3.8) is 0 Å². The van der Waals surface area contributed by atoms with Gasteiger partial charge in [-0.25, -0.2) is 0 Å². The highest BCUT2D eigenvalue weighted by molar-refractivity contribution is 5.89. The molecule has 0 bridgehead atoms. The van der Waals surface area contributed by atoms with Gasteiger partial charge in [0, 0.05) is 25.6 Å². The van der Waals surface area contributed by atoms with Crippen LogP contribution in [-0.4, -0.2) is 37.5 Å². The Hall–Kier alpha value is -1.10. The van der Waals surface area contributed by atoms with Crippen LogP contribution < -0.4 is 16.0 Å². The average Bonchev–Trinajstić information content (AvgIpc) is 2.84. The summed E-state index contributed by atoms with van der Waals surface area (Å²) >= 11 is 0. The Balaban J connectivity index is 1.70. The second-order valence-electron chi connectivity index (χ2n) is 4.24. The fraction of sp³-hybridized carbons (Fsp3) is 0.800. The summed E-state index contributed by atoms with van der Waals surface area (Å²) in [4.78, 5) is 22.5. The minimum absolute atomic E-state index is 0.00190. The molecule has 2 aliphatic rings. The zero-order valence-corrected chi connectivity index (χ0v) is 8.71. The van der Waals surface area contributed by atoms with Gasteiger partial charge in [-0.1, -0.05) is 0 Å². The first kappa shape index (κ1) is 10.4. The first-order valence-electron chi connectivity index (χ1n) is 5.53. The summed E-state index contributed by atoms with van der Waals surface area (Å²) in [7, 11) is 0. The van der Waals surface area contributed by atoms with Gasteiger partial charge < -0.3 is 16.0 Å². The van der Waals surface area contributed by atoms with Gasteiger partial charge in [0.25, 0.3) is 0 Å². The number of rotatable bonds is 3. The van der Waals surface area contributed by atoms with Gasteiger partial charge in [-0.05, 0) is 19.4 Å². The normalized spacial score (nSPS) is 30.3. The maximum Gasteiger partial charge on any atom is 0.225 e. The van der Waals surface area contributed by atoms with Crippen LogP contribution in [0.5, 0.6) is 0 Å². The molecule has 2 unspecified atom stereocenters. The molecule has 0 spiro atoms. The molecule has 0 aromatic rings. The second kappa shape index (κ2) is 4.61. The molecule has 2 atom stereocenters. The van der Waals surface area contributed by atoms with E-state index in [4.69, 9.17) is 0 Å². The number of hydrogen-bond donors (Lipinski definition) is 3. The molecule has 2 saturated heterocycles. The Kier molecular flexibility index (Phi) is 3.20. The number of carbonyl (C=O) groups is 2. The fourth-order valence-corrected chi connectivity index (χ4v) is 2.09. The van der Waals surface area contributed by atoms with E-state index in [1.165, 1.54) is 6.42 Å². The minimum atomic E-state index is -0.168. The van der Waals surface area contributed by atoms with E-state index in [1.807, 2.05) is 0 Å². The van der Waals surface area contributed by atoms with Crippen molar-refractivity contribution in [2.45, 2.75) is 25.3 Å². The number of amides is 2. The molecule has 84 valence electrons. The summed E-state index contributed by atoms with van der Waals surface area (Å²) in [5.74, 6) is -0.185. The van der Waals surface area contributed by atoms with E-state index in [2.05, 4.69) is 16.0 Å². The number of hydrogen-bond acceptors (Lipinski definition) is 3. The van der Waals surface area contributed by atoms with Crippen LogP contribution in [0.1, 0.15) is 19.3 Å². The molecule has 3 N–H and O–H groups in total. The second-order valence-corrected chi connectivity index (χ2v) is 4.24. The van der Waals surface area contributed by atoms with Gasteiger partial charge in [-0.3, -0.25) is 9.59 Å². The van der Waals surface area contributed by atoms with Crippen LogP contribution in [0.25, 0.3) is 0 Å². The molecule has 5 nitrogen and oxygen atoms in total. The Morgan fingerprint density at radius 3 is 3.00 bits per heavy atom. The third-order valence-corrected chi connectivity index (χ3v) is 3.03. The summed E-state index contributed by atoms with van der Waals surface area (Å²) < 4.78 is 0. The van der Waals surface area contributed by atoms with Crippen molar-refractivity contribution in [2.75, 3.05) is 19.6 Å². The molecule has 0 aromatic heterocycles. The Morgan fingerprint density at radius 1 is 1.53 bits per heavy atom. The monoisotopic (exact) mass is 211 g/mol. The van der Waals surface area contributed by atoms with E-state index in [0.717, 1.165) is 13.0 Å². The van der Waals surface area contributed by atoms with E-state index in [0.29, 0.717) is 25.6 Å². The van der Waals surface area contributed by atoms with Gasteiger partial charge in [-0.2, -0.15) is 0 Å². The molecule has 2 rings (SSSR count). The van der Waals surface area contributed by atoms with Crippen LogP contribution >= 0.6 is 0 Å². The van der Waals surface area contributed by atoms with E-state index >= 15 is 0 Å². The molecule has 5 heteroatoms. The first-order chi connectivity index (χ1) is 7.25. The van der Waals surface area contributed by atoms with Crippen molar-refractivity contribution in [3.05, 3.63) is 0 Å². The molecular formula is C10H17N3O2. The Bertz CT molecular complexity index is 261. The van der Waals surface area contributed by atoms with Gasteiger partial charge in [0.2, 0.25) is 11.8 Å². The zero-order chi connectivity index (χ0) is 10.7. The van der Waals surface area contributed by atoms with Crippen LogP contribution in [0.3, 0.4) is 0 Å². The number of carbonyl (C=O) groups excluding carboxylic acids is 2. The summed E-state index contributed by atoms with van der Waals surface area (Å²) in [6, 6.07) is 0.416. The van der Waals surface area contributed by atoms with Gasteiger partial charge >= 0.3 is 0 Å². The van der Waals surface area contributed by atoms with Crippen LogP contribution in [0.15, 0.2) is 0 Å². The predicted octanol–water partition coefficient (Wildman–Crippen LogP) is -1.01. The summed E-state index contributed by atoms with van der Waals surface area (Å²) in [5, 5.41) is 8.87. The fourth-order valence-electron chi connectivity index (χ4n) is 2.09. The predicted molar refractivity (Wildman–Crippen MR) is 55.2 cm³/mol. The van der Waals surface area contributed by atoms with Crippen LogP contribution in [0.2, 0.25) is 0 Å². The first-order valence-corrected chi connectivity index (χ1v) is 5.53. The lowest BCUT2D eigenvalue weighted by Crippen LogP contribution is -2.40. The van der Waals surface area contributed by atoms with Crippen molar-refractivity contribution in [1.82, 2.24) is 16.0 Å². The molecule has 0 saturated carbocycles. The van der Waals surface area contributed by atoms with E-state index in [1.54, 1.807) is 0 Å². The van der Waals surface area contributed by atoms with Crippen molar-refractivity contribution in [2.24, 2.45) is 5.92 Å². The van der Waals surface area contributed by atoms with E-state index < -0.39 is 0 Å². The molecule has 2 fully saturated rings. The minimum Gasteiger partial charge on any atom is -0.355 e. The molecule has 0 aliphatic carbocycles. The standard InChI is InChI=1S/C10H17N3O2/c14-9-4-7(5-12-9)10(15)13-6-8-2-1-3-11-8/h7-8,11H,1-6H2,(H,12,14)(H,13,15). The lowest BCUT2D eigenvalue weighted by molar-refractivity contribution is -0.126. The van der Waals surface area contributed by atoms with Crippen molar-refractivity contribution >= 4 is 11.8 Å². The van der Waals surface area contributed by atoms with E-state index in [9.17, 15) is 9.59 Å². The summed E-state index contributed by atoms with van der Waals surface area (Å²) in [5.41, 5.74) is 0. The molecule has 15 heavy (non-hydrogen) atoms. The van der Waals surface area contributed by atoms with E-state index in [-0.39, 0.29) is 17.7 Å². The highest BCUT2D eigenvalue weighted by atomic mass is 16.2. The molecular weight excluding hydrogens is 194 g/mol. The van der Waals surface area contributed by atoms with Crippen molar-refractivity contribution in [1.29, 1.82) is 0 Å².